The molecule has 0 fully saturated rings. The number of unbranched alkanes of at least 4 members (excludes halogenated alkanes) is 3. The van der Waals surface area contributed by atoms with Gasteiger partial charge in [-0.05, 0) is 38.9 Å². The van der Waals surface area contributed by atoms with Crippen LogP contribution in [0.3, 0.4) is 0 Å². The number of nitrogens with zero attached hydrogens (tertiary/aromatic N) is 2. The second-order valence-electron chi connectivity index (χ2n) is 7.84. The highest BCUT2D eigenvalue weighted by atomic mass is 16.0. The summed E-state index contributed by atoms with van der Waals surface area (Å²) in [5.41, 5.74) is 1.40. The van der Waals surface area contributed by atoms with Crippen molar-refractivity contribution < 1.29 is 9.96 Å². The molecule has 1 rings (SSSR count). The Morgan fingerprint density at radius 3 is 1.44 bits per heavy atom. The van der Waals surface area contributed by atoms with Crippen molar-refractivity contribution in [2.24, 2.45) is 0 Å². The molecule has 0 aliphatic heterocycles. The van der Waals surface area contributed by atoms with E-state index in [1.54, 1.807) is 0 Å². The molecule has 148 valence electrons. The molecule has 25 heavy (non-hydrogen) atoms. The quantitative estimate of drug-likeness (QED) is 0.499. The molecule has 0 amide bonds. The van der Waals surface area contributed by atoms with Gasteiger partial charge in [-0.25, -0.2) is 0 Å². The van der Waals surface area contributed by atoms with Crippen LogP contribution in [0.2, 0.25) is 0 Å². The fraction of sp³-hybridized carbons (Fsp3) is 0.727. The largest absolute Gasteiger partial charge is 0.870 e. The van der Waals surface area contributed by atoms with E-state index in [1.807, 2.05) is 0 Å². The lowest BCUT2D eigenvalue weighted by Crippen LogP contribution is -2.33. The predicted molar refractivity (Wildman–Crippen MR) is 111 cm³/mol. The smallest absolute Gasteiger partial charge is 0.104 e. The van der Waals surface area contributed by atoms with E-state index in [0.717, 1.165) is 11.0 Å². The molecule has 0 saturated carbocycles. The van der Waals surface area contributed by atoms with Gasteiger partial charge in [0.1, 0.15) is 6.54 Å². The molecule has 0 saturated heterocycles. The fourth-order valence-corrected chi connectivity index (χ4v) is 2.61. The molecule has 0 radical (unpaired) electrons. The van der Waals surface area contributed by atoms with Crippen LogP contribution in [0.4, 0.5) is 0 Å². The summed E-state index contributed by atoms with van der Waals surface area (Å²) < 4.78 is 0.990. The van der Waals surface area contributed by atoms with E-state index in [0.29, 0.717) is 0 Å². The van der Waals surface area contributed by atoms with Crippen LogP contribution >= 0.6 is 0 Å². The molecule has 0 aliphatic rings. The van der Waals surface area contributed by atoms with Crippen LogP contribution in [0.5, 0.6) is 0 Å². The lowest BCUT2D eigenvalue weighted by Gasteiger charge is -2.23. The fourth-order valence-electron chi connectivity index (χ4n) is 2.61. The van der Waals surface area contributed by atoms with Gasteiger partial charge in [0.15, 0.2) is 0 Å². The van der Waals surface area contributed by atoms with Crippen LogP contribution in [0, 0.1) is 0 Å². The molecule has 3 heteroatoms. The van der Waals surface area contributed by atoms with Gasteiger partial charge >= 0.3 is 0 Å². The monoisotopic (exact) mass is 352 g/mol. The first-order chi connectivity index (χ1) is 11.4. The van der Waals surface area contributed by atoms with Gasteiger partial charge in [0.2, 0.25) is 0 Å². The van der Waals surface area contributed by atoms with Crippen LogP contribution in [-0.2, 0) is 6.54 Å². The maximum atomic E-state index is 2.64. The zero-order valence-corrected chi connectivity index (χ0v) is 17.8. The van der Waals surface area contributed by atoms with Gasteiger partial charge in [-0.15, -0.1) is 0 Å². The number of hydrogen-bond acceptors (Lipinski definition) is 2. The maximum absolute atomic E-state index is 2.64. The molecule has 0 heterocycles. The van der Waals surface area contributed by atoms with E-state index in [9.17, 15) is 0 Å². The van der Waals surface area contributed by atoms with Crippen molar-refractivity contribution in [2.75, 3.05) is 40.8 Å². The Morgan fingerprint density at radius 2 is 1.12 bits per heavy atom. The summed E-state index contributed by atoms with van der Waals surface area (Å²) in [6.45, 7) is 11.9. The van der Waals surface area contributed by atoms with Crippen LogP contribution in [-0.4, -0.2) is 55.6 Å². The third kappa shape index (κ3) is 17.7. The molecule has 0 unspecified atom stereocenters. The van der Waals surface area contributed by atoms with Gasteiger partial charge in [-0.2, -0.15) is 0 Å². The van der Waals surface area contributed by atoms with Gasteiger partial charge in [-0.1, -0.05) is 70.4 Å². The molecular weight excluding hydrogens is 308 g/mol. The molecule has 0 aliphatic carbocycles. The van der Waals surface area contributed by atoms with Crippen LogP contribution in [0.1, 0.15) is 64.9 Å². The minimum absolute atomic E-state index is 0. The van der Waals surface area contributed by atoms with Crippen molar-refractivity contribution in [1.29, 1.82) is 0 Å². The lowest BCUT2D eigenvalue weighted by molar-refractivity contribution is -0.884. The topological polar surface area (TPSA) is 33.2 Å². The average Bonchev–Trinajstić information content (AvgIpc) is 2.54. The standard InChI is InChI=1S/C12H27N.C10H16N.H2O/c1-4-7-10-13(11-8-5-2)12-9-6-3;1-11(2,3)9-10-7-5-4-6-8-10;/h4-12H2,1-3H3;4-8H,9H2,1-3H3;1H2/q;+1;/p-1. The normalized spacial score (nSPS) is 10.8. The van der Waals surface area contributed by atoms with Gasteiger partial charge < -0.3 is 14.9 Å². The molecule has 0 aromatic heterocycles. The van der Waals surface area contributed by atoms with E-state index in [1.165, 1.54) is 63.7 Å². The van der Waals surface area contributed by atoms with Gasteiger partial charge in [0, 0.05) is 5.56 Å². The molecule has 1 aromatic rings. The van der Waals surface area contributed by atoms with Gasteiger partial charge in [0.25, 0.3) is 0 Å². The number of benzene rings is 1. The minimum atomic E-state index is 0. The Bertz CT molecular complexity index is 354. The second-order valence-corrected chi connectivity index (χ2v) is 7.84. The predicted octanol–water partition coefficient (Wildman–Crippen LogP) is 5.40. The van der Waals surface area contributed by atoms with E-state index in [-0.39, 0.29) is 5.48 Å². The summed E-state index contributed by atoms with van der Waals surface area (Å²) in [5, 5.41) is 0. The van der Waals surface area contributed by atoms with Gasteiger partial charge in [-0.3, -0.25) is 0 Å². The minimum Gasteiger partial charge on any atom is -0.870 e. The molecule has 1 aromatic carbocycles. The van der Waals surface area contributed by atoms with Crippen molar-refractivity contribution in [3.63, 3.8) is 0 Å². The Morgan fingerprint density at radius 1 is 0.720 bits per heavy atom. The molecule has 0 spiro atoms. The highest BCUT2D eigenvalue weighted by Gasteiger charge is 2.06. The Kier molecular flexibility index (Phi) is 17.4. The highest BCUT2D eigenvalue weighted by Crippen LogP contribution is 2.05. The van der Waals surface area contributed by atoms with E-state index < -0.39 is 0 Å². The maximum Gasteiger partial charge on any atom is 0.104 e. The first kappa shape index (κ1) is 26.3. The number of quaternary nitrogens is 1. The van der Waals surface area contributed by atoms with Crippen LogP contribution in [0.15, 0.2) is 30.3 Å². The summed E-state index contributed by atoms with van der Waals surface area (Å²) >= 11 is 0. The SMILES string of the molecule is CCCCN(CCCC)CCCC.C[N+](C)(C)Cc1ccccc1.[OH-]. The molecule has 0 atom stereocenters. The van der Waals surface area contributed by atoms with Crippen molar-refractivity contribution in [1.82, 2.24) is 4.90 Å². The molecule has 0 bridgehead atoms. The summed E-state index contributed by atoms with van der Waals surface area (Å²) in [5.74, 6) is 0. The third-order valence-corrected chi connectivity index (χ3v) is 3.98. The second kappa shape index (κ2) is 16.6. The Balaban J connectivity index is 0. The van der Waals surface area contributed by atoms with Crippen molar-refractivity contribution >= 4 is 0 Å². The van der Waals surface area contributed by atoms with Crippen molar-refractivity contribution in [3.8, 4) is 0 Å². The van der Waals surface area contributed by atoms with Gasteiger partial charge in [0.05, 0.1) is 21.1 Å². The van der Waals surface area contributed by atoms with E-state index in [2.05, 4.69) is 77.1 Å². The zero-order chi connectivity index (χ0) is 18.3. The van der Waals surface area contributed by atoms with E-state index >= 15 is 0 Å². The van der Waals surface area contributed by atoms with Crippen molar-refractivity contribution in [2.45, 2.75) is 65.8 Å². The lowest BCUT2D eigenvalue weighted by atomic mass is 10.2. The van der Waals surface area contributed by atoms with Crippen LogP contribution in [0.25, 0.3) is 0 Å². The first-order valence-corrected chi connectivity index (χ1v) is 9.99. The number of hydrogen-bond donors (Lipinski definition) is 0. The highest BCUT2D eigenvalue weighted by molar-refractivity contribution is 5.13. The van der Waals surface area contributed by atoms with E-state index in [4.69, 9.17) is 0 Å². The first-order valence-electron chi connectivity index (χ1n) is 9.99. The summed E-state index contributed by atoms with van der Waals surface area (Å²) in [6.07, 6.45) is 8.09. The van der Waals surface area contributed by atoms with Crippen molar-refractivity contribution in [3.05, 3.63) is 35.9 Å². The Labute approximate surface area is 157 Å². The Hall–Kier alpha value is -0.900. The summed E-state index contributed by atoms with van der Waals surface area (Å²) in [4.78, 5) is 2.64. The molecular formula is C22H44N2O. The zero-order valence-electron chi connectivity index (χ0n) is 17.8. The summed E-state index contributed by atoms with van der Waals surface area (Å²) in [6, 6.07) is 10.6. The van der Waals surface area contributed by atoms with Crippen LogP contribution < -0.4 is 0 Å². The molecule has 1 N–H and O–H groups in total. The summed E-state index contributed by atoms with van der Waals surface area (Å²) in [7, 11) is 6.60. The molecule has 3 nitrogen and oxygen atoms in total. The number of rotatable bonds is 11. The third-order valence-electron chi connectivity index (χ3n) is 3.98. The average molecular weight is 353 g/mol.